The summed E-state index contributed by atoms with van der Waals surface area (Å²) in [7, 11) is 0. The third-order valence-electron chi connectivity index (χ3n) is 4.38. The molecule has 1 saturated heterocycles. The SMILES string of the molecule is Cc1cc(COCCN2C[C@@H](C)O[C@@H](C)C2)nn1-c1ccc(Cl)c(Cl)c1. The first-order valence-electron chi connectivity index (χ1n) is 8.89. The minimum atomic E-state index is 0.281. The van der Waals surface area contributed by atoms with Crippen LogP contribution in [0, 0.1) is 6.92 Å². The fraction of sp³-hybridized carbons (Fsp3) is 0.526. The Hall–Kier alpha value is -1.11. The van der Waals surface area contributed by atoms with Crippen LogP contribution in [0.25, 0.3) is 5.69 Å². The van der Waals surface area contributed by atoms with E-state index in [1.165, 1.54) is 0 Å². The molecule has 142 valence electrons. The molecule has 2 atom stereocenters. The molecule has 2 aromatic rings. The summed E-state index contributed by atoms with van der Waals surface area (Å²) < 4.78 is 13.4. The predicted octanol–water partition coefficient (Wildman–Crippen LogP) is 4.11. The minimum absolute atomic E-state index is 0.281. The number of halogens is 2. The molecule has 1 aromatic heterocycles. The topological polar surface area (TPSA) is 39.5 Å². The van der Waals surface area contributed by atoms with E-state index in [9.17, 15) is 0 Å². The number of benzene rings is 1. The van der Waals surface area contributed by atoms with Crippen LogP contribution in [-0.2, 0) is 16.1 Å². The average molecular weight is 398 g/mol. The lowest BCUT2D eigenvalue weighted by molar-refractivity contribution is -0.0736. The monoisotopic (exact) mass is 397 g/mol. The van der Waals surface area contributed by atoms with E-state index < -0.39 is 0 Å². The molecule has 1 aliphatic heterocycles. The van der Waals surface area contributed by atoms with Crippen molar-refractivity contribution in [1.29, 1.82) is 0 Å². The summed E-state index contributed by atoms with van der Waals surface area (Å²) in [5, 5.41) is 5.67. The molecule has 0 spiro atoms. The Labute approximate surface area is 164 Å². The molecular weight excluding hydrogens is 373 g/mol. The Balaban J connectivity index is 1.52. The second kappa shape index (κ2) is 8.72. The molecule has 0 N–H and O–H groups in total. The summed E-state index contributed by atoms with van der Waals surface area (Å²) in [5.74, 6) is 0. The predicted molar refractivity (Wildman–Crippen MR) is 104 cm³/mol. The Kier molecular flexibility index (Phi) is 6.59. The smallest absolute Gasteiger partial charge is 0.0907 e. The molecule has 5 nitrogen and oxygen atoms in total. The van der Waals surface area contributed by atoms with Crippen molar-refractivity contribution >= 4 is 23.2 Å². The number of aromatic nitrogens is 2. The van der Waals surface area contributed by atoms with E-state index in [2.05, 4.69) is 23.8 Å². The number of rotatable bonds is 6. The fourth-order valence-electron chi connectivity index (χ4n) is 3.32. The van der Waals surface area contributed by atoms with E-state index in [1.807, 2.05) is 29.8 Å². The highest BCUT2D eigenvalue weighted by molar-refractivity contribution is 6.42. The minimum Gasteiger partial charge on any atom is -0.374 e. The highest BCUT2D eigenvalue weighted by Crippen LogP contribution is 2.25. The Bertz CT molecular complexity index is 740. The van der Waals surface area contributed by atoms with Gasteiger partial charge in [0.05, 0.1) is 46.8 Å². The first-order valence-corrected chi connectivity index (χ1v) is 9.64. The molecule has 1 aromatic carbocycles. The second-order valence-electron chi connectivity index (χ2n) is 6.86. The maximum Gasteiger partial charge on any atom is 0.0907 e. The molecule has 3 rings (SSSR count). The van der Waals surface area contributed by atoms with Crippen molar-refractivity contribution < 1.29 is 9.47 Å². The van der Waals surface area contributed by atoms with E-state index in [0.717, 1.165) is 36.7 Å². The molecule has 1 aliphatic rings. The number of morpholine rings is 1. The lowest BCUT2D eigenvalue weighted by Gasteiger charge is -2.35. The van der Waals surface area contributed by atoms with E-state index in [4.69, 9.17) is 32.7 Å². The van der Waals surface area contributed by atoms with Crippen molar-refractivity contribution in [1.82, 2.24) is 14.7 Å². The highest BCUT2D eigenvalue weighted by atomic mass is 35.5. The van der Waals surface area contributed by atoms with Crippen molar-refractivity contribution in [2.45, 2.75) is 39.6 Å². The maximum absolute atomic E-state index is 6.11. The van der Waals surface area contributed by atoms with Gasteiger partial charge in [0.15, 0.2) is 0 Å². The number of hydrogen-bond acceptors (Lipinski definition) is 4. The van der Waals surface area contributed by atoms with Gasteiger partial charge < -0.3 is 9.47 Å². The normalized spacial score (nSPS) is 21.3. The maximum atomic E-state index is 6.11. The quantitative estimate of drug-likeness (QED) is 0.687. The van der Waals surface area contributed by atoms with Gasteiger partial charge in [-0.05, 0) is 45.0 Å². The van der Waals surface area contributed by atoms with Gasteiger partial charge in [-0.15, -0.1) is 0 Å². The zero-order valence-corrected chi connectivity index (χ0v) is 16.9. The van der Waals surface area contributed by atoms with Gasteiger partial charge in [-0.1, -0.05) is 23.2 Å². The van der Waals surface area contributed by atoms with E-state index in [1.54, 1.807) is 6.07 Å². The van der Waals surface area contributed by atoms with Crippen LogP contribution in [0.5, 0.6) is 0 Å². The molecular formula is C19H25Cl2N3O2. The second-order valence-corrected chi connectivity index (χ2v) is 7.67. The lowest BCUT2D eigenvalue weighted by Crippen LogP contribution is -2.46. The van der Waals surface area contributed by atoms with Gasteiger partial charge in [-0.25, -0.2) is 4.68 Å². The van der Waals surface area contributed by atoms with Crippen LogP contribution in [0.2, 0.25) is 10.0 Å². The number of aryl methyl sites for hydroxylation is 1. The standard InChI is InChI=1S/C19H25Cl2N3O2/c1-13-8-16(22-24(13)17-4-5-18(20)19(21)9-17)12-25-7-6-23-10-14(2)26-15(3)11-23/h4-5,8-9,14-15H,6-7,10-12H2,1-3H3/t14-,15+. The molecule has 0 radical (unpaired) electrons. The van der Waals surface area contributed by atoms with Crippen LogP contribution in [0.3, 0.4) is 0 Å². The van der Waals surface area contributed by atoms with Crippen molar-refractivity contribution in [3.8, 4) is 5.69 Å². The third-order valence-corrected chi connectivity index (χ3v) is 5.12. The van der Waals surface area contributed by atoms with Gasteiger partial charge >= 0.3 is 0 Å². The van der Waals surface area contributed by atoms with E-state index in [-0.39, 0.29) is 12.2 Å². The van der Waals surface area contributed by atoms with Crippen molar-refractivity contribution in [3.05, 3.63) is 45.7 Å². The average Bonchev–Trinajstić information content (AvgIpc) is 2.94. The van der Waals surface area contributed by atoms with E-state index in [0.29, 0.717) is 23.3 Å². The highest BCUT2D eigenvalue weighted by Gasteiger charge is 2.21. The summed E-state index contributed by atoms with van der Waals surface area (Å²) in [6.07, 6.45) is 0.562. The largest absolute Gasteiger partial charge is 0.374 e. The summed E-state index contributed by atoms with van der Waals surface area (Å²) in [6.45, 7) is 10.2. The first kappa shape index (κ1) is 19.6. The molecule has 0 amide bonds. The zero-order chi connectivity index (χ0) is 18.7. The number of ether oxygens (including phenoxy) is 2. The molecule has 0 aliphatic carbocycles. The summed E-state index contributed by atoms with van der Waals surface area (Å²) >= 11 is 12.1. The van der Waals surface area contributed by atoms with Crippen molar-refractivity contribution in [2.75, 3.05) is 26.2 Å². The Morgan fingerprint density at radius 1 is 1.15 bits per heavy atom. The van der Waals surface area contributed by atoms with Crippen molar-refractivity contribution in [3.63, 3.8) is 0 Å². The van der Waals surface area contributed by atoms with Crippen molar-refractivity contribution in [2.24, 2.45) is 0 Å². The molecule has 7 heteroatoms. The molecule has 1 fully saturated rings. The molecule has 0 bridgehead atoms. The summed E-state index contributed by atoms with van der Waals surface area (Å²) in [6, 6.07) is 7.52. The summed E-state index contributed by atoms with van der Waals surface area (Å²) in [5.41, 5.74) is 2.81. The van der Waals surface area contributed by atoms with E-state index >= 15 is 0 Å². The zero-order valence-electron chi connectivity index (χ0n) is 15.4. The van der Waals surface area contributed by atoms with Crippen LogP contribution in [-0.4, -0.2) is 53.1 Å². The number of nitrogens with zero attached hydrogens (tertiary/aromatic N) is 3. The van der Waals surface area contributed by atoms with Gasteiger partial charge in [0, 0.05) is 25.3 Å². The van der Waals surface area contributed by atoms with Gasteiger partial charge in [0.1, 0.15) is 0 Å². The molecule has 0 unspecified atom stereocenters. The van der Waals surface area contributed by atoms with Gasteiger partial charge in [-0.3, -0.25) is 4.90 Å². The molecule has 2 heterocycles. The van der Waals surface area contributed by atoms with Crippen LogP contribution >= 0.6 is 23.2 Å². The van der Waals surface area contributed by atoms with Crippen LogP contribution in [0.15, 0.2) is 24.3 Å². The summed E-state index contributed by atoms with van der Waals surface area (Å²) in [4.78, 5) is 2.39. The Morgan fingerprint density at radius 2 is 1.88 bits per heavy atom. The first-order chi connectivity index (χ1) is 12.4. The Morgan fingerprint density at radius 3 is 2.58 bits per heavy atom. The molecule has 26 heavy (non-hydrogen) atoms. The molecule has 0 saturated carbocycles. The van der Waals surface area contributed by atoms with Gasteiger partial charge in [0.25, 0.3) is 0 Å². The lowest BCUT2D eigenvalue weighted by atomic mass is 10.2. The van der Waals surface area contributed by atoms with Crippen LogP contribution in [0.4, 0.5) is 0 Å². The van der Waals surface area contributed by atoms with Crippen LogP contribution < -0.4 is 0 Å². The van der Waals surface area contributed by atoms with Gasteiger partial charge in [-0.2, -0.15) is 5.10 Å². The third kappa shape index (κ3) is 4.99. The number of hydrogen-bond donors (Lipinski definition) is 0. The fourth-order valence-corrected chi connectivity index (χ4v) is 3.62. The van der Waals surface area contributed by atoms with Gasteiger partial charge in [0.2, 0.25) is 0 Å². The van der Waals surface area contributed by atoms with Crippen LogP contribution in [0.1, 0.15) is 25.2 Å².